The minimum absolute atomic E-state index is 0.132. The second kappa shape index (κ2) is 5.02. The van der Waals surface area contributed by atoms with E-state index in [-0.39, 0.29) is 5.41 Å². The van der Waals surface area contributed by atoms with Gasteiger partial charge in [0.1, 0.15) is 5.82 Å². The summed E-state index contributed by atoms with van der Waals surface area (Å²) < 4.78 is 0. The van der Waals surface area contributed by atoms with Crippen molar-refractivity contribution < 1.29 is 0 Å². The lowest BCUT2D eigenvalue weighted by Crippen LogP contribution is -2.11. The number of alkyl halides is 1. The maximum Gasteiger partial charge on any atom is 0.125 e. The fraction of sp³-hybridized carbons (Fsp3) is 0.357. The van der Waals surface area contributed by atoms with Gasteiger partial charge in [-0.15, -0.1) is 11.6 Å². The van der Waals surface area contributed by atoms with Gasteiger partial charge >= 0.3 is 0 Å². The first-order chi connectivity index (χ1) is 8.50. The van der Waals surface area contributed by atoms with Crippen molar-refractivity contribution >= 4 is 23.1 Å². The molecule has 1 aromatic heterocycles. The number of rotatable bonds is 3. The Balaban J connectivity index is 2.32. The summed E-state index contributed by atoms with van der Waals surface area (Å²) in [6, 6.07) is 8.25. The van der Waals surface area contributed by atoms with E-state index >= 15 is 0 Å². The molecule has 0 radical (unpaired) electrons. The standard InChI is InChI=1S/C14H18ClN3/c1-14(2,3)11-4-5-12(10(8-11)9-15)17-13-6-7-16-18-13/h4-8H,9H2,1-3H3,(H2,16,17,18). The Kier molecular flexibility index (Phi) is 3.62. The number of H-pyrrole nitrogens is 1. The second-order valence-corrected chi connectivity index (χ2v) is 5.62. The van der Waals surface area contributed by atoms with E-state index in [1.165, 1.54) is 5.56 Å². The Hall–Kier alpha value is -1.48. The highest BCUT2D eigenvalue weighted by atomic mass is 35.5. The number of nitrogens with one attached hydrogen (secondary N) is 2. The van der Waals surface area contributed by atoms with E-state index in [1.807, 2.05) is 6.07 Å². The Bertz CT molecular complexity index is 512. The zero-order valence-corrected chi connectivity index (χ0v) is 11.7. The number of anilines is 2. The van der Waals surface area contributed by atoms with Crippen molar-refractivity contribution in [1.29, 1.82) is 0 Å². The first kappa shape index (κ1) is 13.0. The minimum Gasteiger partial charge on any atom is -0.340 e. The summed E-state index contributed by atoms with van der Waals surface area (Å²) in [5, 5.41) is 10.1. The third-order valence-electron chi connectivity index (χ3n) is 2.89. The lowest BCUT2D eigenvalue weighted by Gasteiger charge is -2.21. The Labute approximate surface area is 113 Å². The van der Waals surface area contributed by atoms with Crippen molar-refractivity contribution in [3.63, 3.8) is 0 Å². The van der Waals surface area contributed by atoms with E-state index in [4.69, 9.17) is 11.6 Å². The summed E-state index contributed by atoms with van der Waals surface area (Å²) in [6.45, 7) is 6.59. The number of hydrogen-bond acceptors (Lipinski definition) is 2. The van der Waals surface area contributed by atoms with E-state index in [2.05, 4.69) is 54.5 Å². The summed E-state index contributed by atoms with van der Waals surface area (Å²) in [7, 11) is 0. The molecular weight excluding hydrogens is 246 g/mol. The molecule has 0 atom stereocenters. The van der Waals surface area contributed by atoms with Crippen LogP contribution in [-0.2, 0) is 11.3 Å². The highest BCUT2D eigenvalue weighted by molar-refractivity contribution is 6.17. The van der Waals surface area contributed by atoms with Gasteiger partial charge in [0.2, 0.25) is 0 Å². The van der Waals surface area contributed by atoms with Crippen LogP contribution in [0.5, 0.6) is 0 Å². The molecule has 0 aliphatic carbocycles. The molecular formula is C14H18ClN3. The van der Waals surface area contributed by atoms with Crippen LogP contribution in [0.4, 0.5) is 11.5 Å². The van der Waals surface area contributed by atoms with Crippen molar-refractivity contribution in [1.82, 2.24) is 10.2 Å². The van der Waals surface area contributed by atoms with Crippen molar-refractivity contribution in [3.8, 4) is 0 Å². The van der Waals surface area contributed by atoms with E-state index in [1.54, 1.807) is 6.20 Å². The molecule has 0 amide bonds. The van der Waals surface area contributed by atoms with Gasteiger partial charge in [-0.3, -0.25) is 5.10 Å². The fourth-order valence-corrected chi connectivity index (χ4v) is 1.98. The van der Waals surface area contributed by atoms with Crippen LogP contribution in [0.2, 0.25) is 0 Å². The third-order valence-corrected chi connectivity index (χ3v) is 3.17. The maximum absolute atomic E-state index is 6.03. The SMILES string of the molecule is CC(C)(C)c1ccc(Nc2ccn[nH]2)c(CCl)c1. The molecule has 4 heteroatoms. The molecule has 0 unspecified atom stereocenters. The molecule has 0 saturated carbocycles. The van der Waals surface area contributed by atoms with Gasteiger partial charge in [0, 0.05) is 17.6 Å². The molecule has 0 bridgehead atoms. The lowest BCUT2D eigenvalue weighted by atomic mass is 9.86. The van der Waals surface area contributed by atoms with Gasteiger partial charge in [0.15, 0.2) is 0 Å². The van der Waals surface area contributed by atoms with Gasteiger partial charge in [-0.05, 0) is 22.6 Å². The van der Waals surface area contributed by atoms with E-state index in [9.17, 15) is 0 Å². The van der Waals surface area contributed by atoms with Crippen LogP contribution in [-0.4, -0.2) is 10.2 Å². The number of benzene rings is 1. The highest BCUT2D eigenvalue weighted by Crippen LogP contribution is 2.28. The summed E-state index contributed by atoms with van der Waals surface area (Å²) >= 11 is 6.03. The second-order valence-electron chi connectivity index (χ2n) is 5.35. The molecule has 18 heavy (non-hydrogen) atoms. The number of aromatic amines is 1. The number of halogens is 1. The zero-order chi connectivity index (χ0) is 13.2. The zero-order valence-electron chi connectivity index (χ0n) is 10.9. The molecule has 2 N–H and O–H groups in total. The smallest absolute Gasteiger partial charge is 0.125 e. The van der Waals surface area contributed by atoms with Crippen LogP contribution < -0.4 is 5.32 Å². The predicted molar refractivity (Wildman–Crippen MR) is 76.6 cm³/mol. The minimum atomic E-state index is 0.132. The molecule has 1 aromatic carbocycles. The lowest BCUT2D eigenvalue weighted by molar-refractivity contribution is 0.590. The summed E-state index contributed by atoms with van der Waals surface area (Å²) in [4.78, 5) is 0. The highest BCUT2D eigenvalue weighted by Gasteiger charge is 2.15. The predicted octanol–water partition coefficient (Wildman–Crippen LogP) is 4.19. The average Bonchev–Trinajstić information content (AvgIpc) is 2.81. The monoisotopic (exact) mass is 263 g/mol. The summed E-state index contributed by atoms with van der Waals surface area (Å²) in [5.41, 5.74) is 3.53. The molecule has 1 heterocycles. The number of aromatic nitrogens is 2. The van der Waals surface area contributed by atoms with Gasteiger partial charge in [-0.1, -0.05) is 32.9 Å². The van der Waals surface area contributed by atoms with Crippen LogP contribution >= 0.6 is 11.6 Å². The first-order valence-electron chi connectivity index (χ1n) is 5.96. The van der Waals surface area contributed by atoms with E-state index in [0.29, 0.717) is 5.88 Å². The van der Waals surface area contributed by atoms with Crippen molar-refractivity contribution in [2.24, 2.45) is 0 Å². The topological polar surface area (TPSA) is 40.7 Å². The summed E-state index contributed by atoms with van der Waals surface area (Å²) in [5.74, 6) is 1.35. The fourth-order valence-electron chi connectivity index (χ4n) is 1.76. The molecule has 0 aliphatic rings. The van der Waals surface area contributed by atoms with Gasteiger partial charge in [-0.25, -0.2) is 0 Å². The maximum atomic E-state index is 6.03. The van der Waals surface area contributed by atoms with Crippen LogP contribution in [0.15, 0.2) is 30.5 Å². The molecule has 0 spiro atoms. The van der Waals surface area contributed by atoms with Crippen LogP contribution in [0, 0.1) is 0 Å². The molecule has 0 saturated heterocycles. The third kappa shape index (κ3) is 2.85. The summed E-state index contributed by atoms with van der Waals surface area (Å²) in [6.07, 6.45) is 1.71. The van der Waals surface area contributed by atoms with Crippen LogP contribution in [0.1, 0.15) is 31.9 Å². The molecule has 3 nitrogen and oxygen atoms in total. The van der Waals surface area contributed by atoms with Gasteiger partial charge < -0.3 is 5.32 Å². The molecule has 0 aliphatic heterocycles. The Morgan fingerprint density at radius 1 is 1.28 bits per heavy atom. The quantitative estimate of drug-likeness (QED) is 0.816. The number of hydrogen-bond donors (Lipinski definition) is 2. The van der Waals surface area contributed by atoms with E-state index < -0.39 is 0 Å². The largest absolute Gasteiger partial charge is 0.340 e. The van der Waals surface area contributed by atoms with Crippen molar-refractivity contribution in [2.45, 2.75) is 32.1 Å². The van der Waals surface area contributed by atoms with Crippen molar-refractivity contribution in [3.05, 3.63) is 41.6 Å². The first-order valence-corrected chi connectivity index (χ1v) is 6.50. The molecule has 2 rings (SSSR count). The Morgan fingerprint density at radius 2 is 2.06 bits per heavy atom. The van der Waals surface area contributed by atoms with Gasteiger partial charge in [-0.2, -0.15) is 5.10 Å². The van der Waals surface area contributed by atoms with Crippen LogP contribution in [0.3, 0.4) is 0 Å². The molecule has 0 fully saturated rings. The molecule has 96 valence electrons. The van der Waals surface area contributed by atoms with Gasteiger partial charge in [0.25, 0.3) is 0 Å². The normalized spacial score (nSPS) is 11.6. The van der Waals surface area contributed by atoms with Gasteiger partial charge in [0.05, 0.1) is 6.20 Å². The van der Waals surface area contributed by atoms with Crippen LogP contribution in [0.25, 0.3) is 0 Å². The molecule has 2 aromatic rings. The number of nitrogens with zero attached hydrogens (tertiary/aromatic N) is 1. The average molecular weight is 264 g/mol. The van der Waals surface area contributed by atoms with E-state index in [0.717, 1.165) is 17.1 Å². The van der Waals surface area contributed by atoms with Crippen molar-refractivity contribution in [2.75, 3.05) is 5.32 Å². The Morgan fingerprint density at radius 3 is 2.61 bits per heavy atom.